The monoisotopic (exact) mass is 176 g/mol. The van der Waals surface area contributed by atoms with E-state index in [0.717, 1.165) is 6.42 Å². The molecule has 1 saturated heterocycles. The summed E-state index contributed by atoms with van der Waals surface area (Å²) in [5.41, 5.74) is 0. The predicted octanol–water partition coefficient (Wildman–Crippen LogP) is 0.614. The molecule has 0 aromatic rings. The van der Waals surface area contributed by atoms with Gasteiger partial charge in [-0.1, -0.05) is 0 Å². The van der Waals surface area contributed by atoms with Gasteiger partial charge < -0.3 is 18.9 Å². The van der Waals surface area contributed by atoms with Crippen molar-refractivity contribution in [2.24, 2.45) is 5.92 Å². The van der Waals surface area contributed by atoms with Crippen LogP contribution in [0.3, 0.4) is 0 Å². The Balaban J connectivity index is 2.47. The zero-order valence-electron chi connectivity index (χ0n) is 7.78. The summed E-state index contributed by atoms with van der Waals surface area (Å²) in [5, 5.41) is 0. The lowest BCUT2D eigenvalue weighted by molar-refractivity contribution is -0.195. The van der Waals surface area contributed by atoms with Crippen molar-refractivity contribution in [3.8, 4) is 0 Å². The molecule has 12 heavy (non-hydrogen) atoms. The summed E-state index contributed by atoms with van der Waals surface area (Å²) in [7, 11) is 4.88. The lowest BCUT2D eigenvalue weighted by atomic mass is 10.1. The van der Waals surface area contributed by atoms with Gasteiger partial charge in [0.15, 0.2) is 12.6 Å². The first-order chi connectivity index (χ1) is 5.83. The van der Waals surface area contributed by atoms with E-state index in [1.165, 1.54) is 0 Å². The second kappa shape index (κ2) is 4.77. The molecule has 4 nitrogen and oxygen atoms in total. The highest BCUT2D eigenvalue weighted by Crippen LogP contribution is 2.26. The molecule has 1 fully saturated rings. The zero-order valence-corrected chi connectivity index (χ0v) is 7.78. The molecule has 4 heteroatoms. The Hall–Kier alpha value is -0.160. The maximum absolute atomic E-state index is 5.32. The first-order valence-electron chi connectivity index (χ1n) is 4.03. The molecule has 0 aromatic carbocycles. The van der Waals surface area contributed by atoms with Crippen LogP contribution in [0, 0.1) is 5.92 Å². The number of ether oxygens (including phenoxy) is 4. The number of methoxy groups -OCH3 is 3. The van der Waals surface area contributed by atoms with Crippen LogP contribution in [0.15, 0.2) is 0 Å². The lowest BCUT2D eigenvalue weighted by Gasteiger charge is -2.23. The molecule has 1 rings (SSSR count). The van der Waals surface area contributed by atoms with E-state index >= 15 is 0 Å². The Kier molecular flexibility index (Phi) is 3.94. The van der Waals surface area contributed by atoms with E-state index in [1.54, 1.807) is 21.3 Å². The van der Waals surface area contributed by atoms with E-state index in [2.05, 4.69) is 0 Å². The van der Waals surface area contributed by atoms with Crippen molar-refractivity contribution in [3.05, 3.63) is 0 Å². The van der Waals surface area contributed by atoms with E-state index in [-0.39, 0.29) is 18.5 Å². The molecule has 0 radical (unpaired) electrons. The molecular weight excluding hydrogens is 160 g/mol. The fraction of sp³-hybridized carbons (Fsp3) is 1.00. The smallest absolute Gasteiger partial charge is 0.164 e. The Bertz CT molecular complexity index is 124. The fourth-order valence-corrected chi connectivity index (χ4v) is 1.53. The second-order valence-corrected chi connectivity index (χ2v) is 2.77. The van der Waals surface area contributed by atoms with Gasteiger partial charge in [0.05, 0.1) is 12.5 Å². The van der Waals surface area contributed by atoms with E-state index in [9.17, 15) is 0 Å². The third kappa shape index (κ3) is 1.95. The lowest BCUT2D eigenvalue weighted by Crippen LogP contribution is -2.32. The van der Waals surface area contributed by atoms with Crippen molar-refractivity contribution in [2.45, 2.75) is 19.0 Å². The van der Waals surface area contributed by atoms with E-state index in [1.807, 2.05) is 0 Å². The van der Waals surface area contributed by atoms with Crippen LogP contribution in [0.1, 0.15) is 6.42 Å². The van der Waals surface area contributed by atoms with Gasteiger partial charge in [0.2, 0.25) is 0 Å². The zero-order chi connectivity index (χ0) is 8.97. The molecule has 72 valence electrons. The van der Waals surface area contributed by atoms with Gasteiger partial charge >= 0.3 is 0 Å². The summed E-state index contributed by atoms with van der Waals surface area (Å²) >= 11 is 0. The van der Waals surface area contributed by atoms with Crippen LogP contribution in [0.5, 0.6) is 0 Å². The van der Waals surface area contributed by atoms with Gasteiger partial charge in [-0.05, 0) is 6.42 Å². The highest BCUT2D eigenvalue weighted by Gasteiger charge is 2.35. The molecule has 0 aliphatic carbocycles. The van der Waals surface area contributed by atoms with Crippen molar-refractivity contribution in [2.75, 3.05) is 27.9 Å². The average molecular weight is 176 g/mol. The van der Waals surface area contributed by atoms with Gasteiger partial charge in [-0.3, -0.25) is 0 Å². The van der Waals surface area contributed by atoms with Gasteiger partial charge in [0, 0.05) is 21.3 Å². The van der Waals surface area contributed by atoms with Crippen LogP contribution in [0.4, 0.5) is 0 Å². The molecule has 0 saturated carbocycles. The Morgan fingerprint density at radius 1 is 1.25 bits per heavy atom. The van der Waals surface area contributed by atoms with Gasteiger partial charge in [-0.2, -0.15) is 0 Å². The van der Waals surface area contributed by atoms with Crippen molar-refractivity contribution < 1.29 is 18.9 Å². The van der Waals surface area contributed by atoms with Gasteiger partial charge in [-0.15, -0.1) is 0 Å². The maximum Gasteiger partial charge on any atom is 0.164 e. The Morgan fingerprint density at radius 3 is 2.42 bits per heavy atom. The summed E-state index contributed by atoms with van der Waals surface area (Å²) in [6, 6.07) is 0. The van der Waals surface area contributed by atoms with Crippen molar-refractivity contribution in [1.82, 2.24) is 0 Å². The summed E-state index contributed by atoms with van der Waals surface area (Å²) in [6.45, 7) is 0.715. The minimum absolute atomic E-state index is 0.185. The molecule has 0 bridgehead atoms. The van der Waals surface area contributed by atoms with Gasteiger partial charge in [0.1, 0.15) is 0 Å². The van der Waals surface area contributed by atoms with Gasteiger partial charge in [0.25, 0.3) is 0 Å². The first-order valence-corrected chi connectivity index (χ1v) is 4.03. The fourth-order valence-electron chi connectivity index (χ4n) is 1.53. The van der Waals surface area contributed by atoms with Crippen molar-refractivity contribution >= 4 is 0 Å². The summed E-state index contributed by atoms with van der Waals surface area (Å²) in [4.78, 5) is 0. The molecule has 0 amide bonds. The molecule has 2 atom stereocenters. The number of hydrogen-bond acceptors (Lipinski definition) is 4. The minimum Gasteiger partial charge on any atom is -0.355 e. The van der Waals surface area contributed by atoms with Crippen LogP contribution in [-0.4, -0.2) is 40.5 Å². The molecule has 0 spiro atoms. The largest absolute Gasteiger partial charge is 0.355 e. The van der Waals surface area contributed by atoms with Crippen LogP contribution in [0.2, 0.25) is 0 Å². The quantitative estimate of drug-likeness (QED) is 0.588. The second-order valence-electron chi connectivity index (χ2n) is 2.77. The van der Waals surface area contributed by atoms with Crippen molar-refractivity contribution in [3.63, 3.8) is 0 Å². The van der Waals surface area contributed by atoms with Crippen molar-refractivity contribution in [1.29, 1.82) is 0 Å². The standard InChI is InChI=1S/C8H16O4/c1-9-7(10-2)6-4-5-12-8(6)11-3/h6-8H,4-5H2,1-3H3/t6-,8+/m0/s1. The molecule has 1 aliphatic rings. The molecule has 1 heterocycles. The van der Waals surface area contributed by atoms with Crippen LogP contribution >= 0.6 is 0 Å². The summed E-state index contributed by atoms with van der Waals surface area (Å²) in [5.74, 6) is 0.185. The highest BCUT2D eigenvalue weighted by molar-refractivity contribution is 4.72. The summed E-state index contributed by atoms with van der Waals surface area (Å²) < 4.78 is 20.7. The van der Waals surface area contributed by atoms with Gasteiger partial charge in [-0.25, -0.2) is 0 Å². The maximum atomic E-state index is 5.32. The molecule has 0 unspecified atom stereocenters. The molecule has 0 aromatic heterocycles. The molecular formula is C8H16O4. The third-order valence-corrected chi connectivity index (χ3v) is 2.13. The number of hydrogen-bond donors (Lipinski definition) is 0. The third-order valence-electron chi connectivity index (χ3n) is 2.13. The highest BCUT2D eigenvalue weighted by atomic mass is 16.7. The van der Waals surface area contributed by atoms with E-state index in [0.29, 0.717) is 6.61 Å². The van der Waals surface area contributed by atoms with Crippen LogP contribution < -0.4 is 0 Å². The molecule has 1 aliphatic heterocycles. The predicted molar refractivity (Wildman–Crippen MR) is 42.7 cm³/mol. The topological polar surface area (TPSA) is 36.9 Å². The van der Waals surface area contributed by atoms with E-state index in [4.69, 9.17) is 18.9 Å². The summed E-state index contributed by atoms with van der Waals surface area (Å²) in [6.07, 6.45) is 0.512. The normalized spacial score (nSPS) is 30.0. The van der Waals surface area contributed by atoms with Crippen LogP contribution in [0.25, 0.3) is 0 Å². The number of rotatable bonds is 4. The van der Waals surface area contributed by atoms with Crippen LogP contribution in [-0.2, 0) is 18.9 Å². The van der Waals surface area contributed by atoms with E-state index < -0.39 is 0 Å². The minimum atomic E-state index is -0.225. The SMILES string of the molecule is COC(OC)[C@@H]1CCO[C@H]1OC. The molecule has 0 N–H and O–H groups in total. The Labute approximate surface area is 72.7 Å². The average Bonchev–Trinajstić information content (AvgIpc) is 2.55. The Morgan fingerprint density at radius 2 is 1.92 bits per heavy atom. The first kappa shape index (κ1) is 9.92.